The van der Waals surface area contributed by atoms with Crippen molar-refractivity contribution in [2.45, 2.75) is 65.6 Å². The molecule has 242 valence electrons. The van der Waals surface area contributed by atoms with Gasteiger partial charge in [-0.1, -0.05) is 106 Å². The summed E-state index contributed by atoms with van der Waals surface area (Å²) in [5, 5.41) is 7.78. The topological polar surface area (TPSA) is 75.3 Å². The van der Waals surface area contributed by atoms with E-state index in [4.69, 9.17) is 0 Å². The maximum atomic E-state index is 12.8. The van der Waals surface area contributed by atoms with Crippen molar-refractivity contribution in [1.29, 1.82) is 0 Å². The molecule has 0 spiro atoms. The Morgan fingerprint density at radius 3 is 2.20 bits per heavy atom. The number of rotatable bonds is 10. The highest BCUT2D eigenvalue weighted by Crippen LogP contribution is 2.30. The van der Waals surface area contributed by atoms with Crippen LogP contribution in [0.2, 0.25) is 0 Å². The van der Waals surface area contributed by atoms with Gasteiger partial charge in [-0.25, -0.2) is 0 Å². The molecular weight excluding hydrogens is 589 g/mol. The van der Waals surface area contributed by atoms with Gasteiger partial charge in [0.05, 0.1) is 17.7 Å². The molecule has 8 heteroatoms. The van der Waals surface area contributed by atoms with Gasteiger partial charge in [-0.3, -0.25) is 14.4 Å². The van der Waals surface area contributed by atoms with Crippen molar-refractivity contribution >= 4 is 28.4 Å². The van der Waals surface area contributed by atoms with Crippen LogP contribution < -0.4 is 10.6 Å². The molecule has 0 aliphatic rings. The van der Waals surface area contributed by atoms with Crippen LogP contribution in [0, 0.1) is 11.8 Å². The molecule has 0 heterocycles. The number of nitrogens with one attached hydrogen (secondary N) is 2. The first-order valence-corrected chi connectivity index (χ1v) is 15.1. The maximum absolute atomic E-state index is 12.8. The van der Waals surface area contributed by atoms with E-state index in [-0.39, 0.29) is 18.9 Å². The van der Waals surface area contributed by atoms with Gasteiger partial charge in [0.1, 0.15) is 0 Å². The monoisotopic (exact) mass is 630 g/mol. The smallest absolute Gasteiger partial charge is 0.343 e. The minimum Gasteiger partial charge on any atom is -0.343 e. The first kappa shape index (κ1) is 37.3. The zero-order chi connectivity index (χ0) is 34.3. The molecule has 2 N–H and O–H groups in total. The van der Waals surface area contributed by atoms with Crippen LogP contribution in [0.3, 0.4) is 0 Å². The lowest BCUT2D eigenvalue weighted by Crippen LogP contribution is -2.41. The van der Waals surface area contributed by atoms with E-state index in [9.17, 15) is 27.6 Å². The summed E-state index contributed by atoms with van der Waals surface area (Å²) in [6, 6.07) is 22.4. The largest absolute Gasteiger partial charge is 0.417 e. The third-order valence-corrected chi connectivity index (χ3v) is 6.96. The molecule has 0 aliphatic carbocycles. The van der Waals surface area contributed by atoms with Gasteiger partial charge in [0.2, 0.25) is 5.78 Å². The van der Waals surface area contributed by atoms with E-state index in [2.05, 4.69) is 66.3 Å². The van der Waals surface area contributed by atoms with E-state index in [1.54, 1.807) is 13.0 Å². The van der Waals surface area contributed by atoms with Crippen molar-refractivity contribution in [3.8, 4) is 11.8 Å². The summed E-state index contributed by atoms with van der Waals surface area (Å²) < 4.78 is 38.5. The van der Waals surface area contributed by atoms with E-state index >= 15 is 0 Å². The predicted molar refractivity (Wildman–Crippen MR) is 179 cm³/mol. The minimum atomic E-state index is -4.56. The van der Waals surface area contributed by atoms with E-state index in [1.165, 1.54) is 23.8 Å². The van der Waals surface area contributed by atoms with Gasteiger partial charge in [-0.2, -0.15) is 13.2 Å². The Hall–Kier alpha value is -4.90. The highest BCUT2D eigenvalue weighted by molar-refractivity contribution is 6.36. The number of amides is 2. The standard InChI is InChI=1S/C22H23NO.C16H18F3NO2/c1-4-16-9-7-8-12-20(16)21(24)23-22(2,3)19-14-13-17-10-5-6-11-18(17)15-19;1-4-6-7-10-13(16(17,18)19)12(3)9-8-11-20-15(22)14(21)5-2/h5-15H,4H2,1-3H3,(H,23,24);6-7,10H,3-5,11H2,1-2H3,(H,20,22)/b;7-6-,13-10+. The molecule has 0 atom stereocenters. The zero-order valence-corrected chi connectivity index (χ0v) is 27.0. The Morgan fingerprint density at radius 1 is 0.913 bits per heavy atom. The van der Waals surface area contributed by atoms with Crippen molar-refractivity contribution in [1.82, 2.24) is 10.6 Å². The summed E-state index contributed by atoms with van der Waals surface area (Å²) in [6.45, 7) is 12.6. The summed E-state index contributed by atoms with van der Waals surface area (Å²) in [7, 11) is 0. The van der Waals surface area contributed by atoms with Crippen molar-refractivity contribution < 1.29 is 27.6 Å². The molecule has 0 fully saturated rings. The summed E-state index contributed by atoms with van der Waals surface area (Å²) in [5.74, 6) is 3.14. The predicted octanol–water partition coefficient (Wildman–Crippen LogP) is 8.16. The van der Waals surface area contributed by atoms with E-state index in [1.807, 2.05) is 50.2 Å². The fourth-order valence-electron chi connectivity index (χ4n) is 4.32. The van der Waals surface area contributed by atoms with E-state index in [0.717, 1.165) is 29.2 Å². The van der Waals surface area contributed by atoms with Crippen LogP contribution in [0.1, 0.15) is 68.9 Å². The van der Waals surface area contributed by atoms with Gasteiger partial charge >= 0.3 is 6.18 Å². The zero-order valence-electron chi connectivity index (χ0n) is 27.0. The molecule has 0 bridgehead atoms. The summed E-state index contributed by atoms with van der Waals surface area (Å²) in [5.41, 5.74) is 1.15. The number of carbonyl (C=O) groups excluding carboxylic acids is 3. The fraction of sp³-hybridized carbons (Fsp3) is 0.289. The van der Waals surface area contributed by atoms with Gasteiger partial charge in [-0.05, 0) is 66.8 Å². The molecule has 3 aromatic rings. The number of ketones is 1. The lowest BCUT2D eigenvalue weighted by atomic mass is 9.91. The molecule has 0 saturated heterocycles. The Balaban J connectivity index is 0.000000322. The van der Waals surface area contributed by atoms with E-state index < -0.39 is 34.6 Å². The number of halogens is 3. The van der Waals surface area contributed by atoms with Crippen molar-refractivity contribution in [3.63, 3.8) is 0 Å². The molecular formula is C38H41F3N2O3. The first-order chi connectivity index (χ1) is 21.7. The Bertz CT molecular complexity index is 1670. The van der Waals surface area contributed by atoms with Gasteiger partial charge in [0.25, 0.3) is 11.8 Å². The minimum absolute atomic E-state index is 0.0226. The number of aryl methyl sites for hydroxylation is 1. The molecule has 0 aliphatic heterocycles. The fourth-order valence-corrected chi connectivity index (χ4v) is 4.32. The van der Waals surface area contributed by atoms with Crippen LogP contribution in [0.4, 0.5) is 13.2 Å². The molecule has 3 rings (SSSR count). The lowest BCUT2D eigenvalue weighted by Gasteiger charge is -2.28. The lowest BCUT2D eigenvalue weighted by molar-refractivity contribution is -0.137. The molecule has 2 amide bonds. The average Bonchev–Trinajstić information content (AvgIpc) is 3.03. The van der Waals surface area contributed by atoms with Crippen LogP contribution in [-0.4, -0.2) is 30.3 Å². The molecule has 0 saturated carbocycles. The summed E-state index contributed by atoms with van der Waals surface area (Å²) >= 11 is 0. The molecule has 3 aromatic carbocycles. The Labute approximate surface area is 269 Å². The third-order valence-electron chi connectivity index (χ3n) is 6.96. The second-order valence-corrected chi connectivity index (χ2v) is 10.8. The highest BCUT2D eigenvalue weighted by atomic mass is 19.4. The molecule has 0 aromatic heterocycles. The van der Waals surface area contributed by atoms with Gasteiger partial charge in [0.15, 0.2) is 0 Å². The average molecular weight is 631 g/mol. The van der Waals surface area contributed by atoms with Gasteiger partial charge in [0, 0.05) is 17.6 Å². The molecule has 5 nitrogen and oxygen atoms in total. The normalized spacial score (nSPS) is 11.6. The molecule has 46 heavy (non-hydrogen) atoms. The SMILES string of the molecule is C=C(C#CCNC(=O)C(=O)CC)/C(=C\C=C/CC)C(F)(F)F.CCc1ccccc1C(=O)NC(C)(C)c1ccc2ccccc2c1. The van der Waals surface area contributed by atoms with Gasteiger partial charge < -0.3 is 10.6 Å². The number of alkyl halides is 3. The summed E-state index contributed by atoms with van der Waals surface area (Å²) in [6.07, 6.45) is 0.708. The number of carbonyl (C=O) groups is 3. The number of Topliss-reactive ketones (excluding diaryl/α,β-unsaturated/α-hetero) is 1. The number of hydrogen-bond donors (Lipinski definition) is 2. The van der Waals surface area contributed by atoms with Crippen LogP contribution in [-0.2, 0) is 21.5 Å². The second kappa shape index (κ2) is 17.6. The van der Waals surface area contributed by atoms with Crippen LogP contribution in [0.15, 0.2) is 103 Å². The third kappa shape index (κ3) is 11.2. The van der Waals surface area contributed by atoms with Crippen LogP contribution in [0.25, 0.3) is 10.8 Å². The van der Waals surface area contributed by atoms with Crippen molar-refractivity contribution in [3.05, 3.63) is 119 Å². The number of hydrogen-bond acceptors (Lipinski definition) is 3. The number of fused-ring (bicyclic) bond motifs is 1. The van der Waals surface area contributed by atoms with E-state index in [0.29, 0.717) is 6.42 Å². The Kier molecular flexibility index (Phi) is 14.2. The molecule has 0 radical (unpaired) electrons. The van der Waals surface area contributed by atoms with Crippen molar-refractivity contribution in [2.75, 3.05) is 6.54 Å². The van der Waals surface area contributed by atoms with Crippen LogP contribution in [0.5, 0.6) is 0 Å². The number of allylic oxidation sites excluding steroid dienone is 5. The van der Waals surface area contributed by atoms with Crippen molar-refractivity contribution in [2.24, 2.45) is 0 Å². The maximum Gasteiger partial charge on any atom is 0.417 e. The molecule has 0 unspecified atom stereocenters. The quantitative estimate of drug-likeness (QED) is 0.135. The summed E-state index contributed by atoms with van der Waals surface area (Å²) in [4.78, 5) is 34.9. The number of benzene rings is 3. The van der Waals surface area contributed by atoms with Gasteiger partial charge in [-0.15, -0.1) is 0 Å². The Morgan fingerprint density at radius 2 is 1.57 bits per heavy atom. The highest BCUT2D eigenvalue weighted by Gasteiger charge is 2.34. The van der Waals surface area contributed by atoms with Crippen LogP contribution >= 0.6 is 0 Å². The second-order valence-electron chi connectivity index (χ2n) is 10.8. The first-order valence-electron chi connectivity index (χ1n) is 15.1.